The van der Waals surface area contributed by atoms with Crippen molar-refractivity contribution in [2.24, 2.45) is 0 Å². The molecule has 0 bridgehead atoms. The van der Waals surface area contributed by atoms with Crippen LogP contribution in [0.4, 0.5) is 0 Å². The molecule has 2 nitrogen and oxygen atoms in total. The summed E-state index contributed by atoms with van der Waals surface area (Å²) in [7, 11) is 4.08. The molecule has 2 heteroatoms. The van der Waals surface area contributed by atoms with Crippen LogP contribution in [0.2, 0.25) is 0 Å². The normalized spacial score (nSPS) is 13.8. The molecule has 0 fully saturated rings. The molecule has 0 spiro atoms. The molecule has 0 aliphatic carbocycles. The van der Waals surface area contributed by atoms with E-state index >= 15 is 0 Å². The van der Waals surface area contributed by atoms with Crippen molar-refractivity contribution < 1.29 is 4.58 Å². The van der Waals surface area contributed by atoms with Crippen molar-refractivity contribution in [3.63, 3.8) is 0 Å². The zero-order chi connectivity index (χ0) is 11.0. The average Bonchev–Trinajstić information content (AvgIpc) is 2.22. The summed E-state index contributed by atoms with van der Waals surface area (Å²) in [5, 5.41) is 0. The monoisotopic (exact) mass is 194 g/mol. The molecule has 0 aliphatic rings. The van der Waals surface area contributed by atoms with Crippen LogP contribution >= 0.6 is 0 Å². The zero-order valence-electron chi connectivity index (χ0n) is 10.0. The third-order valence-electron chi connectivity index (χ3n) is 2.08. The van der Waals surface area contributed by atoms with Crippen LogP contribution in [0.3, 0.4) is 0 Å². The van der Waals surface area contributed by atoms with E-state index in [-0.39, 0.29) is 0 Å². The summed E-state index contributed by atoms with van der Waals surface area (Å²) in [6.45, 7) is 8.34. The van der Waals surface area contributed by atoms with E-state index in [0.29, 0.717) is 0 Å². The number of hydrogen-bond acceptors (Lipinski definition) is 1. The van der Waals surface area contributed by atoms with Gasteiger partial charge >= 0.3 is 0 Å². The lowest BCUT2D eigenvalue weighted by Gasteiger charge is -2.10. The number of hydrogen-bond donors (Lipinski definition) is 0. The summed E-state index contributed by atoms with van der Waals surface area (Å²) in [6, 6.07) is 0. The van der Waals surface area contributed by atoms with Gasteiger partial charge in [-0.25, -0.2) is 0 Å². The van der Waals surface area contributed by atoms with Crippen LogP contribution in [0, 0.1) is 0 Å². The Balaban J connectivity index is 4.20. The highest BCUT2D eigenvalue weighted by Crippen LogP contribution is 1.94. The van der Waals surface area contributed by atoms with Gasteiger partial charge in [0.05, 0.1) is 0 Å². The van der Waals surface area contributed by atoms with E-state index in [1.165, 1.54) is 5.57 Å². The summed E-state index contributed by atoms with van der Waals surface area (Å²) in [4.78, 5) is 2.14. The second-order valence-corrected chi connectivity index (χ2v) is 3.42. The summed E-state index contributed by atoms with van der Waals surface area (Å²) >= 11 is 0. The van der Waals surface area contributed by atoms with Gasteiger partial charge in [-0.3, -0.25) is 0 Å². The highest BCUT2D eigenvalue weighted by Gasteiger charge is 1.81. The predicted octanol–water partition coefficient (Wildman–Crippen LogP) is 2.01. The molecule has 0 aromatic heterocycles. The predicted molar refractivity (Wildman–Crippen MR) is 62.9 cm³/mol. The first-order valence-electron chi connectivity index (χ1n) is 5.12. The van der Waals surface area contributed by atoms with Gasteiger partial charge in [0.15, 0.2) is 0 Å². The molecule has 0 saturated heterocycles. The molecular weight excluding hydrogens is 172 g/mol. The molecule has 0 aliphatic heterocycles. The van der Waals surface area contributed by atoms with E-state index in [0.717, 1.165) is 13.1 Å². The van der Waals surface area contributed by atoms with Crippen LogP contribution in [0.25, 0.3) is 0 Å². The number of rotatable bonds is 5. The van der Waals surface area contributed by atoms with Crippen LogP contribution in [-0.2, 0) is 0 Å². The zero-order valence-corrected chi connectivity index (χ0v) is 10.0. The summed E-state index contributed by atoms with van der Waals surface area (Å²) in [6.07, 6.45) is 9.36. The van der Waals surface area contributed by atoms with Gasteiger partial charge in [0.1, 0.15) is 13.6 Å². The smallest absolute Gasteiger partial charge is 0.122 e. The molecule has 0 atom stereocenters. The van der Waals surface area contributed by atoms with Gasteiger partial charge in [-0.1, -0.05) is 0 Å². The maximum absolute atomic E-state index is 3.18. The Morgan fingerprint density at radius 1 is 1.43 bits per heavy atom. The molecule has 0 amide bonds. The van der Waals surface area contributed by atoms with Crippen molar-refractivity contribution in [2.45, 2.75) is 20.8 Å². The summed E-state index contributed by atoms with van der Waals surface area (Å²) in [5.74, 6) is 0. The molecule has 0 aromatic carbocycles. The molecule has 0 aromatic rings. The van der Waals surface area contributed by atoms with E-state index in [4.69, 9.17) is 0 Å². The van der Waals surface area contributed by atoms with Crippen LogP contribution in [0.5, 0.6) is 0 Å². The first kappa shape index (κ1) is 12.9. The molecule has 0 N–H and O–H groups in total. The molecule has 80 valence electrons. The van der Waals surface area contributed by atoms with Crippen LogP contribution in [-0.4, -0.2) is 42.9 Å². The Morgan fingerprint density at radius 2 is 2.07 bits per heavy atom. The lowest BCUT2D eigenvalue weighted by atomic mass is 10.3. The third-order valence-corrected chi connectivity index (χ3v) is 2.08. The second-order valence-electron chi connectivity index (χ2n) is 3.42. The van der Waals surface area contributed by atoms with Gasteiger partial charge in [-0.05, 0) is 20.0 Å². The van der Waals surface area contributed by atoms with Gasteiger partial charge in [-0.15, -0.1) is 13.0 Å². The van der Waals surface area contributed by atoms with E-state index < -0.39 is 0 Å². The lowest BCUT2D eigenvalue weighted by molar-refractivity contribution is -0.487. The Labute approximate surface area is 88.2 Å². The van der Waals surface area contributed by atoms with Crippen molar-refractivity contribution in [1.29, 1.82) is 0 Å². The average molecular weight is 194 g/mol. The largest absolute Gasteiger partial charge is 0.382 e. The van der Waals surface area contributed by atoms with Gasteiger partial charge in [0.25, 0.3) is 0 Å². The van der Waals surface area contributed by atoms with E-state index in [2.05, 4.69) is 51.2 Å². The minimum absolute atomic E-state index is 0.988. The molecule has 0 rings (SSSR count). The van der Waals surface area contributed by atoms with Gasteiger partial charge in [0.2, 0.25) is 0 Å². The van der Waals surface area contributed by atoms with Gasteiger partial charge in [-0.2, -0.15) is 11.6 Å². The minimum atomic E-state index is 0.988. The highest BCUT2D eigenvalue weighted by molar-refractivity contribution is 5.68. The van der Waals surface area contributed by atoms with Crippen LogP contribution in [0.1, 0.15) is 20.8 Å². The first-order chi connectivity index (χ1) is 6.60. The van der Waals surface area contributed by atoms with Gasteiger partial charge < -0.3 is 9.48 Å². The van der Waals surface area contributed by atoms with E-state index in [1.54, 1.807) is 0 Å². The number of nitrogens with zero attached hydrogens (tertiary/aromatic N) is 2. The third kappa shape index (κ3) is 6.46. The van der Waals surface area contributed by atoms with E-state index in [1.807, 2.05) is 17.7 Å². The molecule has 0 unspecified atom stereocenters. The Morgan fingerprint density at radius 3 is 2.57 bits per heavy atom. The first-order valence-corrected chi connectivity index (χ1v) is 5.12. The fraction of sp³-hybridized carbons (Fsp3) is 0.583. The lowest BCUT2D eigenvalue weighted by Crippen LogP contribution is -2.08. The Kier molecular flexibility index (Phi) is 6.81. The van der Waals surface area contributed by atoms with Crippen molar-refractivity contribution in [2.75, 3.05) is 27.2 Å². The van der Waals surface area contributed by atoms with Crippen LogP contribution < -0.4 is 0 Å². The van der Waals surface area contributed by atoms with Crippen molar-refractivity contribution in [3.8, 4) is 0 Å². The Hall–Kier alpha value is -1.05. The minimum Gasteiger partial charge on any atom is -0.382 e. The SMILES string of the molecule is CCN(C)C=CC(C)=C[C-]=[N+](C)CC. The second kappa shape index (κ2) is 7.36. The molecule has 0 heterocycles. The summed E-state index contributed by atoms with van der Waals surface area (Å²) in [5.41, 5.74) is 1.21. The van der Waals surface area contributed by atoms with Crippen molar-refractivity contribution in [3.05, 3.63) is 23.9 Å². The fourth-order valence-electron chi connectivity index (χ4n) is 0.702. The van der Waals surface area contributed by atoms with Gasteiger partial charge in [0, 0.05) is 19.8 Å². The maximum atomic E-state index is 3.18. The topological polar surface area (TPSA) is 6.25 Å². The Bertz CT molecular complexity index is 237. The number of allylic oxidation sites excluding steroid dienone is 3. The molecule has 0 saturated carbocycles. The summed E-state index contributed by atoms with van der Waals surface area (Å²) < 4.78 is 2.03. The van der Waals surface area contributed by atoms with Crippen molar-refractivity contribution >= 4 is 6.21 Å². The molecule has 14 heavy (non-hydrogen) atoms. The standard InChI is InChI=1S/C12H22N2/c1-6-13(4)10-8-12(3)9-11-14(5)7-2/h8-10H,6-7H2,1-5H3. The van der Waals surface area contributed by atoms with E-state index in [9.17, 15) is 0 Å². The quantitative estimate of drug-likeness (QED) is 0.281. The molecule has 0 radical (unpaired) electrons. The maximum Gasteiger partial charge on any atom is 0.122 e. The highest BCUT2D eigenvalue weighted by atomic mass is 15.1. The van der Waals surface area contributed by atoms with Crippen LogP contribution in [0.15, 0.2) is 23.9 Å². The fourth-order valence-corrected chi connectivity index (χ4v) is 0.702. The van der Waals surface area contributed by atoms with Crippen molar-refractivity contribution in [1.82, 2.24) is 4.90 Å². The molecular formula is C12H22N2.